The van der Waals surface area contributed by atoms with E-state index in [-0.39, 0.29) is 13.1 Å². The molecule has 1 unspecified atom stereocenters. The van der Waals surface area contributed by atoms with E-state index in [9.17, 15) is 48.3 Å². The van der Waals surface area contributed by atoms with Crippen LogP contribution in [0.5, 0.6) is 0 Å². The second-order valence-electron chi connectivity index (χ2n) is 7.47. The number of hydrogen-bond donors (Lipinski definition) is 4. The molecule has 21 nitrogen and oxygen atoms in total. The fourth-order valence-electron chi connectivity index (χ4n) is 2.64. The highest BCUT2D eigenvalue weighted by Crippen LogP contribution is 2.21. The number of carboxylic acid groups (broad SMARTS) is 3. The Morgan fingerprint density at radius 2 is 1.13 bits per heavy atom. The van der Waals surface area contributed by atoms with Crippen LogP contribution in [-0.2, 0) is 72.5 Å². The van der Waals surface area contributed by atoms with Gasteiger partial charge in [0.05, 0.1) is 32.5 Å². The molecule has 0 saturated carbocycles. The molecule has 1 saturated heterocycles. The van der Waals surface area contributed by atoms with Gasteiger partial charge in [-0.15, -0.1) is 0 Å². The van der Waals surface area contributed by atoms with Crippen LogP contribution in [0.2, 0.25) is 0 Å². The molecule has 0 aromatic rings. The summed E-state index contributed by atoms with van der Waals surface area (Å²) in [5.74, 6) is -14.7. The van der Waals surface area contributed by atoms with Crippen LogP contribution in [0.1, 0.15) is 12.8 Å². The van der Waals surface area contributed by atoms with Gasteiger partial charge in [-0.2, -0.15) is 0 Å². The number of carbonyl (C=O) groups is 9. The highest BCUT2D eigenvalue weighted by atomic mass is 17.2. The summed E-state index contributed by atoms with van der Waals surface area (Å²) in [6.07, 6.45) is -2.88. The van der Waals surface area contributed by atoms with E-state index in [0.717, 1.165) is 9.80 Å². The van der Waals surface area contributed by atoms with Crippen molar-refractivity contribution >= 4 is 53.7 Å². The highest BCUT2D eigenvalue weighted by molar-refractivity contribution is 6.29. The summed E-state index contributed by atoms with van der Waals surface area (Å²) in [6, 6.07) is 0. The van der Waals surface area contributed by atoms with Gasteiger partial charge in [-0.25, -0.2) is 58.1 Å². The molecular weight excluding hydrogens is 548 g/mol. The van der Waals surface area contributed by atoms with E-state index in [2.05, 4.69) is 29.3 Å². The summed E-state index contributed by atoms with van der Waals surface area (Å²) in [7, 11) is 0. The molecule has 216 valence electrons. The Bertz CT molecular complexity index is 1010. The molecule has 0 aromatic heterocycles. The van der Waals surface area contributed by atoms with Crippen LogP contribution in [0, 0.1) is 0 Å². The van der Waals surface area contributed by atoms with Crippen LogP contribution < -0.4 is 0 Å². The third-order valence-corrected chi connectivity index (χ3v) is 4.21. The normalized spacial score (nSPS) is 17.8. The largest absolute Gasteiger partial charge is 0.480 e. The third-order valence-electron chi connectivity index (χ3n) is 4.21. The van der Waals surface area contributed by atoms with Crippen molar-refractivity contribution in [2.75, 3.05) is 39.3 Å². The maximum absolute atomic E-state index is 12.0. The zero-order chi connectivity index (χ0) is 29.8. The molecule has 0 radical (unpaired) electrons. The maximum Gasteiger partial charge on any atom is 0.467 e. The number of hydrogen-bond acceptors (Lipinski definition) is 18. The lowest BCUT2D eigenvalue weighted by atomic mass is 9.96. The minimum absolute atomic E-state index is 0.315. The highest BCUT2D eigenvalue weighted by Gasteiger charge is 2.47. The number of nitrogens with zero attached hydrogens (tertiary/aromatic N) is 2. The summed E-state index contributed by atoms with van der Waals surface area (Å²) >= 11 is 0. The minimum atomic E-state index is -3.14. The molecule has 0 aliphatic carbocycles. The molecule has 0 bridgehead atoms. The second kappa shape index (κ2) is 14.7. The zero-order valence-electron chi connectivity index (χ0n) is 19.5. The Morgan fingerprint density at radius 3 is 1.62 bits per heavy atom. The van der Waals surface area contributed by atoms with Crippen molar-refractivity contribution in [3.63, 3.8) is 0 Å². The summed E-state index contributed by atoms with van der Waals surface area (Å²) in [6.45, 7) is -3.79. The lowest BCUT2D eigenvalue weighted by Gasteiger charge is -2.24. The first kappa shape index (κ1) is 32.1. The Morgan fingerprint density at radius 1 is 0.692 bits per heavy atom. The Balaban J connectivity index is 2.74. The molecule has 4 N–H and O–H groups in total. The smallest absolute Gasteiger partial charge is 0.467 e. The van der Waals surface area contributed by atoms with Crippen LogP contribution in [0.4, 0.5) is 0 Å². The molecule has 0 spiro atoms. The summed E-state index contributed by atoms with van der Waals surface area (Å²) in [4.78, 5) is 128. The van der Waals surface area contributed by atoms with E-state index >= 15 is 0 Å². The van der Waals surface area contributed by atoms with Gasteiger partial charge in [0.1, 0.15) is 6.54 Å². The number of carboxylic acids is 3. The van der Waals surface area contributed by atoms with E-state index in [1.807, 2.05) is 0 Å². The van der Waals surface area contributed by atoms with Crippen LogP contribution in [0.3, 0.4) is 0 Å². The number of aliphatic hydroxyl groups is 1. The van der Waals surface area contributed by atoms with Gasteiger partial charge in [-0.1, -0.05) is 0 Å². The van der Waals surface area contributed by atoms with Crippen molar-refractivity contribution < 1.29 is 92.9 Å². The van der Waals surface area contributed by atoms with Crippen LogP contribution >= 0.6 is 0 Å². The van der Waals surface area contributed by atoms with E-state index in [1.54, 1.807) is 0 Å². The van der Waals surface area contributed by atoms with Crippen molar-refractivity contribution in [3.05, 3.63) is 0 Å². The minimum Gasteiger partial charge on any atom is -0.480 e. The molecule has 1 atom stereocenters. The van der Waals surface area contributed by atoms with Crippen molar-refractivity contribution in [3.8, 4) is 0 Å². The number of carbonyl (C=O) groups excluding carboxylic acids is 6. The molecule has 1 heterocycles. The summed E-state index contributed by atoms with van der Waals surface area (Å²) in [5.41, 5.74) is -3.14. The average Bonchev–Trinajstić information content (AvgIpc) is 2.80. The average molecular weight is 568 g/mol. The van der Waals surface area contributed by atoms with Crippen LogP contribution in [0.15, 0.2) is 0 Å². The molecule has 1 aliphatic heterocycles. The monoisotopic (exact) mass is 568 g/mol. The van der Waals surface area contributed by atoms with Gasteiger partial charge in [-0.05, 0) is 0 Å². The van der Waals surface area contributed by atoms with Gasteiger partial charge in [0.15, 0.2) is 5.60 Å². The SMILES string of the molecule is O=C(O)CN(CCN(CC(=O)O)CC(=O)OOC(=O)CC1(O)CC(=O)OOC(=O)C(=O)OOC1=O)CC(=O)O. The molecule has 21 heteroatoms. The molecule has 0 aromatic carbocycles. The predicted molar refractivity (Wildman–Crippen MR) is 107 cm³/mol. The van der Waals surface area contributed by atoms with Crippen LogP contribution in [-0.4, -0.2) is 129 Å². The summed E-state index contributed by atoms with van der Waals surface area (Å²) < 4.78 is 0. The van der Waals surface area contributed by atoms with Gasteiger partial charge in [0.25, 0.3) is 0 Å². The lowest BCUT2D eigenvalue weighted by molar-refractivity contribution is -0.293. The maximum atomic E-state index is 12.0. The Hall–Kier alpha value is -4.89. The summed E-state index contributed by atoms with van der Waals surface area (Å²) in [5, 5.41) is 37.0. The van der Waals surface area contributed by atoms with Crippen molar-refractivity contribution in [2.45, 2.75) is 18.4 Å². The first-order valence-electron chi connectivity index (χ1n) is 10.2. The predicted octanol–water partition coefficient (Wildman–Crippen LogP) is -4.63. The molecule has 39 heavy (non-hydrogen) atoms. The van der Waals surface area contributed by atoms with Crippen molar-refractivity contribution in [1.82, 2.24) is 9.80 Å². The van der Waals surface area contributed by atoms with Gasteiger partial charge in [0.2, 0.25) is 0 Å². The van der Waals surface area contributed by atoms with E-state index < -0.39 is 98.3 Å². The third kappa shape index (κ3) is 12.3. The molecule has 0 amide bonds. The van der Waals surface area contributed by atoms with Gasteiger partial charge in [-0.3, -0.25) is 24.2 Å². The van der Waals surface area contributed by atoms with Crippen molar-refractivity contribution in [2.24, 2.45) is 0 Å². The Labute approximate surface area is 215 Å². The molecule has 1 aliphatic rings. The van der Waals surface area contributed by atoms with Gasteiger partial charge < -0.3 is 20.4 Å². The number of aliphatic carboxylic acids is 3. The second-order valence-corrected chi connectivity index (χ2v) is 7.47. The standard InChI is InChI=1S/C18H20N2O19/c21-9(22)5-19(6-10(23)24)1-2-20(7-11(25)26)8-14(29)36-34-12(27)3-18(33)4-13(28)35-37-15(30)16(31)38-39-17(18)32/h33H,1-8H2,(H,21,22)(H,23,24)(H,25,26). The van der Waals surface area contributed by atoms with E-state index in [0.29, 0.717) is 0 Å². The van der Waals surface area contributed by atoms with E-state index in [4.69, 9.17) is 15.3 Å². The van der Waals surface area contributed by atoms with Gasteiger partial charge in [0, 0.05) is 13.1 Å². The molecule has 1 rings (SSSR count). The van der Waals surface area contributed by atoms with E-state index in [1.165, 1.54) is 0 Å². The topological polar surface area (TPSA) is 296 Å². The molecule has 1 fully saturated rings. The quantitative estimate of drug-likeness (QED) is 0.0922. The fourth-order valence-corrected chi connectivity index (χ4v) is 2.64. The molecular formula is C18H20N2O19. The van der Waals surface area contributed by atoms with Gasteiger partial charge >= 0.3 is 53.7 Å². The Kier molecular flexibility index (Phi) is 12.2. The lowest BCUT2D eigenvalue weighted by Crippen LogP contribution is -2.46. The number of rotatable bonds is 13. The first-order valence-corrected chi connectivity index (χ1v) is 10.2. The zero-order valence-corrected chi connectivity index (χ0v) is 19.5. The van der Waals surface area contributed by atoms with Crippen molar-refractivity contribution in [1.29, 1.82) is 0 Å². The fraction of sp³-hybridized carbons (Fsp3) is 0.500. The first-order chi connectivity index (χ1) is 18.1. The van der Waals surface area contributed by atoms with Crippen LogP contribution in [0.25, 0.3) is 0 Å².